The van der Waals surface area contributed by atoms with Crippen LogP contribution in [0.1, 0.15) is 28.7 Å². The molecular formula is C34H31F4O9P. The zero-order chi connectivity index (χ0) is 34.5. The molecule has 0 saturated carbocycles. The SMILES string of the molecule is O=C1OC(CCO)C(OCc2ccccc2F)=C1OCc1ccccc1F.O=P(O)(OCc1ccccc1F)OCc1ccccc1F. The topological polar surface area (TPSA) is 121 Å². The Balaban J connectivity index is 0.000000224. The summed E-state index contributed by atoms with van der Waals surface area (Å²) in [6.45, 7) is -1.43. The van der Waals surface area contributed by atoms with E-state index in [0.29, 0.717) is 5.56 Å². The van der Waals surface area contributed by atoms with Crippen LogP contribution in [0.5, 0.6) is 0 Å². The Labute approximate surface area is 273 Å². The fourth-order valence-corrected chi connectivity index (χ4v) is 4.86. The number of aliphatic hydroxyl groups is 1. The molecule has 0 amide bonds. The van der Waals surface area contributed by atoms with Gasteiger partial charge in [-0.2, -0.15) is 0 Å². The molecule has 1 aliphatic rings. The Bertz CT molecular complexity index is 1710. The van der Waals surface area contributed by atoms with Gasteiger partial charge >= 0.3 is 13.8 Å². The Morgan fingerprint density at radius 2 is 1.00 bits per heavy atom. The quantitative estimate of drug-likeness (QED) is 0.0818. The van der Waals surface area contributed by atoms with Crippen LogP contribution in [0.4, 0.5) is 17.6 Å². The lowest BCUT2D eigenvalue weighted by Crippen LogP contribution is -2.15. The van der Waals surface area contributed by atoms with Crippen LogP contribution in [0, 0.1) is 23.3 Å². The van der Waals surface area contributed by atoms with Gasteiger partial charge < -0.3 is 24.2 Å². The van der Waals surface area contributed by atoms with Crippen LogP contribution in [0.2, 0.25) is 0 Å². The minimum Gasteiger partial charge on any atom is -0.485 e. The number of hydrogen-bond donors (Lipinski definition) is 2. The Kier molecular flexibility index (Phi) is 13.3. The number of esters is 1. The van der Waals surface area contributed by atoms with Gasteiger partial charge in [-0.25, -0.2) is 26.9 Å². The van der Waals surface area contributed by atoms with Crippen LogP contribution in [0.3, 0.4) is 0 Å². The Morgan fingerprint density at radius 1 is 0.625 bits per heavy atom. The van der Waals surface area contributed by atoms with Gasteiger partial charge in [0, 0.05) is 35.3 Å². The molecule has 1 heterocycles. The first kappa shape index (κ1) is 36.3. The van der Waals surface area contributed by atoms with Crippen molar-refractivity contribution >= 4 is 13.8 Å². The predicted octanol–water partition coefficient (Wildman–Crippen LogP) is 7.02. The molecule has 0 fully saturated rings. The Morgan fingerprint density at radius 3 is 1.40 bits per heavy atom. The maximum Gasteiger partial charge on any atom is 0.472 e. The smallest absolute Gasteiger partial charge is 0.472 e. The van der Waals surface area contributed by atoms with Crippen LogP contribution in [-0.2, 0) is 59.0 Å². The third-order valence-electron chi connectivity index (χ3n) is 6.70. The number of benzene rings is 4. The summed E-state index contributed by atoms with van der Waals surface area (Å²) in [6.07, 6.45) is -0.741. The molecule has 0 radical (unpaired) electrons. The molecule has 5 rings (SSSR count). The van der Waals surface area contributed by atoms with E-state index in [4.69, 9.17) is 14.2 Å². The molecule has 0 bridgehead atoms. The molecule has 0 spiro atoms. The van der Waals surface area contributed by atoms with Gasteiger partial charge in [0.1, 0.15) is 36.5 Å². The van der Waals surface area contributed by atoms with Gasteiger partial charge in [0.05, 0.1) is 13.2 Å². The minimum atomic E-state index is -4.40. The van der Waals surface area contributed by atoms with Gasteiger partial charge in [-0.3, -0.25) is 9.05 Å². The maximum absolute atomic E-state index is 13.8. The van der Waals surface area contributed by atoms with Crippen LogP contribution < -0.4 is 0 Å². The van der Waals surface area contributed by atoms with Crippen molar-refractivity contribution in [3.63, 3.8) is 0 Å². The standard InChI is InChI=1S/C20H18F2O5.C14H13F2O4P/c21-15-7-3-1-5-13(15)11-25-18-17(9-10-23)27-20(24)19(18)26-12-14-6-2-4-8-16(14)22;15-13-7-3-1-5-11(13)9-19-21(17,18)20-10-12-6-2-4-8-14(12)16/h1-8,17,23H,9-12H2;1-8H,9-10H2,(H,17,18). The monoisotopic (exact) mass is 690 g/mol. The number of phosphoric acid groups is 1. The van der Waals surface area contributed by atoms with Crippen LogP contribution in [0.25, 0.3) is 0 Å². The summed E-state index contributed by atoms with van der Waals surface area (Å²) in [4.78, 5) is 21.6. The summed E-state index contributed by atoms with van der Waals surface area (Å²) < 4.78 is 91.4. The molecule has 4 aromatic carbocycles. The second-order valence-electron chi connectivity index (χ2n) is 10.1. The van der Waals surface area contributed by atoms with Gasteiger partial charge in [-0.05, 0) is 24.3 Å². The third kappa shape index (κ3) is 10.5. The van der Waals surface area contributed by atoms with Crippen molar-refractivity contribution in [1.82, 2.24) is 0 Å². The zero-order valence-corrected chi connectivity index (χ0v) is 26.2. The second kappa shape index (κ2) is 17.6. The van der Waals surface area contributed by atoms with Gasteiger partial charge in [0.15, 0.2) is 11.9 Å². The fourth-order valence-electron chi connectivity index (χ4n) is 4.19. The summed E-state index contributed by atoms with van der Waals surface area (Å²) in [7, 11) is -4.40. The van der Waals surface area contributed by atoms with E-state index in [2.05, 4.69) is 9.05 Å². The lowest BCUT2D eigenvalue weighted by Gasteiger charge is -2.14. The highest BCUT2D eigenvalue weighted by molar-refractivity contribution is 7.47. The first-order valence-electron chi connectivity index (χ1n) is 14.4. The van der Waals surface area contributed by atoms with E-state index in [1.54, 1.807) is 42.5 Å². The molecule has 1 atom stereocenters. The molecule has 254 valence electrons. The maximum atomic E-state index is 13.8. The van der Waals surface area contributed by atoms with E-state index in [9.17, 15) is 36.9 Å². The second-order valence-corrected chi connectivity index (χ2v) is 11.5. The third-order valence-corrected chi connectivity index (χ3v) is 7.61. The van der Waals surface area contributed by atoms with Crippen molar-refractivity contribution in [1.29, 1.82) is 0 Å². The summed E-state index contributed by atoms with van der Waals surface area (Å²) in [5.74, 6) is -2.92. The van der Waals surface area contributed by atoms with Crippen molar-refractivity contribution in [2.75, 3.05) is 6.61 Å². The fraction of sp³-hybridized carbons (Fsp3) is 0.206. The van der Waals surface area contributed by atoms with Crippen molar-refractivity contribution < 1.29 is 60.2 Å². The number of cyclic esters (lactones) is 1. The van der Waals surface area contributed by atoms with Gasteiger partial charge in [0.2, 0.25) is 5.76 Å². The van der Waals surface area contributed by atoms with Crippen molar-refractivity contribution in [3.8, 4) is 0 Å². The number of ether oxygens (including phenoxy) is 3. The number of carbonyl (C=O) groups is 1. The van der Waals surface area contributed by atoms with Crippen LogP contribution in [-0.4, -0.2) is 28.7 Å². The zero-order valence-electron chi connectivity index (χ0n) is 25.3. The highest BCUT2D eigenvalue weighted by Crippen LogP contribution is 2.45. The van der Waals surface area contributed by atoms with Crippen molar-refractivity contribution in [2.45, 2.75) is 39.0 Å². The number of rotatable bonds is 14. The van der Waals surface area contributed by atoms with Crippen LogP contribution >= 0.6 is 7.82 Å². The molecule has 0 aromatic heterocycles. The molecule has 1 unspecified atom stereocenters. The number of carbonyl (C=O) groups excluding carboxylic acids is 1. The highest BCUT2D eigenvalue weighted by Gasteiger charge is 2.37. The number of hydrogen-bond acceptors (Lipinski definition) is 8. The van der Waals surface area contributed by atoms with Gasteiger partial charge in [-0.15, -0.1) is 0 Å². The van der Waals surface area contributed by atoms with Crippen LogP contribution in [0.15, 0.2) is 109 Å². The van der Waals surface area contributed by atoms with E-state index >= 15 is 0 Å². The minimum absolute atomic E-state index is 0.0636. The molecule has 0 aliphatic carbocycles. The molecule has 4 aromatic rings. The lowest BCUT2D eigenvalue weighted by molar-refractivity contribution is -0.143. The average Bonchev–Trinajstić information content (AvgIpc) is 3.36. The number of phosphoric ester groups is 1. The summed E-state index contributed by atoms with van der Waals surface area (Å²) in [6, 6.07) is 23.5. The normalized spacial score (nSPS) is 14.3. The summed E-state index contributed by atoms with van der Waals surface area (Å²) in [5.41, 5.74) is 0.806. The molecule has 1 aliphatic heterocycles. The predicted molar refractivity (Wildman–Crippen MR) is 163 cm³/mol. The number of aliphatic hydroxyl groups excluding tert-OH is 1. The van der Waals surface area contributed by atoms with Gasteiger partial charge in [0.25, 0.3) is 0 Å². The molecule has 2 N–H and O–H groups in total. The molecule has 14 heteroatoms. The van der Waals surface area contributed by atoms with Gasteiger partial charge in [-0.1, -0.05) is 72.8 Å². The summed E-state index contributed by atoms with van der Waals surface area (Å²) >= 11 is 0. The largest absolute Gasteiger partial charge is 0.485 e. The van der Waals surface area contributed by atoms with Crippen molar-refractivity contribution in [2.24, 2.45) is 0 Å². The van der Waals surface area contributed by atoms with Crippen molar-refractivity contribution in [3.05, 3.63) is 154 Å². The van der Waals surface area contributed by atoms with E-state index in [1.165, 1.54) is 54.6 Å². The number of halogens is 4. The highest BCUT2D eigenvalue weighted by atomic mass is 31.2. The van der Waals surface area contributed by atoms with E-state index in [-0.39, 0.29) is 54.5 Å². The molecular weight excluding hydrogens is 659 g/mol. The molecule has 48 heavy (non-hydrogen) atoms. The van der Waals surface area contributed by atoms with E-state index < -0.39 is 56.4 Å². The first-order chi connectivity index (χ1) is 23.1. The Hall–Kier alpha value is -4.52. The van der Waals surface area contributed by atoms with E-state index in [0.717, 1.165) is 0 Å². The molecule has 9 nitrogen and oxygen atoms in total. The first-order valence-corrected chi connectivity index (χ1v) is 15.9. The molecule has 0 saturated heterocycles. The lowest BCUT2D eigenvalue weighted by atomic mass is 10.2. The van der Waals surface area contributed by atoms with E-state index in [1.807, 2.05) is 0 Å². The average molecular weight is 691 g/mol. The summed E-state index contributed by atoms with van der Waals surface area (Å²) in [5, 5.41) is 9.17.